The molecule has 0 heterocycles. The molecule has 0 aromatic heterocycles. The molecule has 0 saturated carbocycles. The Morgan fingerprint density at radius 1 is 0.933 bits per heavy atom. The van der Waals surface area contributed by atoms with E-state index in [0.717, 1.165) is 0 Å². The smallest absolute Gasteiger partial charge is 0.789 e. The third kappa shape index (κ3) is 17.0. The van der Waals surface area contributed by atoms with Crippen molar-refractivity contribution >= 4 is 23.5 Å². The second kappa shape index (κ2) is 8.26. The zero-order valence-electron chi connectivity index (χ0n) is 7.54. The molecule has 0 bridgehead atoms. The van der Waals surface area contributed by atoms with Crippen molar-refractivity contribution in [3.8, 4) is 0 Å². The second-order valence-corrected chi connectivity index (χ2v) is 5.69. The van der Waals surface area contributed by atoms with Crippen LogP contribution in [0, 0.1) is 0 Å². The standard InChI is InChI=1S/K.Na.H5O10P3/c;;1-11(2,3)9-13(7,8)10-12(4,5)6/h;;(H,7,8)(H2,1,2,3)(H2,4,5,6)/q2*+1;/p-2. The van der Waals surface area contributed by atoms with E-state index in [-0.39, 0.29) is 80.9 Å². The molecule has 3 N–H and O–H groups in total. The first-order chi connectivity index (χ1) is 5.41. The molecule has 0 saturated heterocycles. The Labute approximate surface area is 149 Å². The molecule has 0 rings (SSSR count). The minimum absolute atomic E-state index is 0. The van der Waals surface area contributed by atoms with Crippen molar-refractivity contribution in [2.24, 2.45) is 0 Å². The molecule has 10 nitrogen and oxygen atoms in total. The summed E-state index contributed by atoms with van der Waals surface area (Å²) in [5.74, 6) is 0. The Morgan fingerprint density at radius 3 is 1.47 bits per heavy atom. The van der Waals surface area contributed by atoms with E-state index >= 15 is 0 Å². The Kier molecular flexibility index (Phi) is 12.8. The van der Waals surface area contributed by atoms with E-state index in [9.17, 15) is 23.5 Å². The molecule has 15 heteroatoms. The quantitative estimate of drug-likeness (QED) is 0.333. The van der Waals surface area contributed by atoms with Gasteiger partial charge in [0.1, 0.15) is 0 Å². The van der Waals surface area contributed by atoms with Crippen LogP contribution >= 0.6 is 23.5 Å². The van der Waals surface area contributed by atoms with Crippen LogP contribution in [0.5, 0.6) is 0 Å². The van der Waals surface area contributed by atoms with Crippen LogP contribution in [-0.2, 0) is 22.3 Å². The van der Waals surface area contributed by atoms with Gasteiger partial charge in [-0.1, -0.05) is 0 Å². The van der Waals surface area contributed by atoms with Gasteiger partial charge >= 0.3 is 96.6 Å². The molecule has 0 fully saturated rings. The van der Waals surface area contributed by atoms with Gasteiger partial charge in [-0.3, -0.25) is 4.31 Å². The van der Waals surface area contributed by atoms with E-state index in [1.165, 1.54) is 0 Å². The summed E-state index contributed by atoms with van der Waals surface area (Å²) in [5.41, 5.74) is 0. The van der Waals surface area contributed by atoms with Crippen molar-refractivity contribution in [1.82, 2.24) is 0 Å². The summed E-state index contributed by atoms with van der Waals surface area (Å²) in [4.78, 5) is 43.5. The topological polar surface area (TPSA) is 176 Å². The molecule has 0 radical (unpaired) electrons. The van der Waals surface area contributed by atoms with Gasteiger partial charge in [0.15, 0.2) is 0 Å². The zero-order chi connectivity index (χ0) is 10.9. The fraction of sp³-hybridized carbons (Fsp3) is 0. The van der Waals surface area contributed by atoms with Crippen LogP contribution in [0.2, 0.25) is 0 Å². The fourth-order valence-corrected chi connectivity index (χ4v) is 2.75. The van der Waals surface area contributed by atoms with Gasteiger partial charge in [0.2, 0.25) is 0 Å². The Morgan fingerprint density at radius 2 is 1.27 bits per heavy atom. The Balaban J connectivity index is -0.000000720. The van der Waals surface area contributed by atoms with Crippen molar-refractivity contribution in [3.63, 3.8) is 0 Å². The third-order valence-corrected chi connectivity index (χ3v) is 3.71. The molecule has 1 atom stereocenters. The first kappa shape index (κ1) is 23.2. The minimum Gasteiger partial charge on any atom is -0.789 e. The van der Waals surface area contributed by atoms with Gasteiger partial charge in [-0.2, -0.15) is 4.31 Å². The molecular formula is H3KNaO10P3. The van der Waals surface area contributed by atoms with Crippen LogP contribution in [0.1, 0.15) is 0 Å². The van der Waals surface area contributed by atoms with Crippen molar-refractivity contribution in [2.75, 3.05) is 0 Å². The summed E-state index contributed by atoms with van der Waals surface area (Å²) < 4.78 is 35.7. The Hall–Kier alpha value is 3.05. The molecule has 0 aromatic carbocycles. The number of phosphoric acid groups is 3. The largest absolute Gasteiger partial charge is 1.00 e. The van der Waals surface area contributed by atoms with E-state index in [2.05, 4.69) is 8.62 Å². The van der Waals surface area contributed by atoms with Gasteiger partial charge in [0.05, 0.1) is 7.82 Å². The van der Waals surface area contributed by atoms with Crippen molar-refractivity contribution < 1.29 is 128 Å². The summed E-state index contributed by atoms with van der Waals surface area (Å²) in [7, 11) is -16.9. The minimum atomic E-state index is -5.85. The van der Waals surface area contributed by atoms with Crippen LogP contribution < -0.4 is 90.7 Å². The second-order valence-electron chi connectivity index (χ2n) is 1.57. The summed E-state index contributed by atoms with van der Waals surface area (Å²) in [5, 5.41) is 0. The summed E-state index contributed by atoms with van der Waals surface area (Å²) in [6.07, 6.45) is 0. The summed E-state index contributed by atoms with van der Waals surface area (Å²) in [6, 6.07) is 0. The van der Waals surface area contributed by atoms with Crippen LogP contribution in [0.4, 0.5) is 0 Å². The molecule has 15 heavy (non-hydrogen) atoms. The van der Waals surface area contributed by atoms with Crippen LogP contribution in [0.25, 0.3) is 0 Å². The van der Waals surface area contributed by atoms with Crippen molar-refractivity contribution in [3.05, 3.63) is 0 Å². The average Bonchev–Trinajstić information content (AvgIpc) is 1.43. The van der Waals surface area contributed by atoms with Crippen LogP contribution in [0.15, 0.2) is 0 Å². The number of hydrogen-bond donors (Lipinski definition) is 3. The van der Waals surface area contributed by atoms with Gasteiger partial charge in [-0.15, -0.1) is 0 Å². The van der Waals surface area contributed by atoms with Gasteiger partial charge in [-0.05, 0) is 0 Å². The first-order valence-corrected chi connectivity index (χ1v) is 6.73. The van der Waals surface area contributed by atoms with Gasteiger partial charge in [-0.25, -0.2) is 9.13 Å². The molecule has 1 unspecified atom stereocenters. The number of hydrogen-bond acceptors (Lipinski definition) is 7. The van der Waals surface area contributed by atoms with E-state index in [0.29, 0.717) is 0 Å². The molecule has 0 aliphatic heterocycles. The predicted molar refractivity (Wildman–Crippen MR) is 31.6 cm³/mol. The van der Waals surface area contributed by atoms with Gasteiger partial charge < -0.3 is 29.0 Å². The maximum atomic E-state index is 10.3. The summed E-state index contributed by atoms with van der Waals surface area (Å²) in [6.45, 7) is 0. The normalized spacial score (nSPS) is 15.8. The maximum absolute atomic E-state index is 10.3. The molecular weight excluding hydrogens is 315 g/mol. The SMILES string of the molecule is O=P([O-])([O-])OP(=O)(O)OP(=O)(O)O.[K+].[Na+]. The first-order valence-electron chi connectivity index (χ1n) is 2.24. The Bertz CT molecular complexity index is 283. The molecule has 0 spiro atoms. The van der Waals surface area contributed by atoms with Gasteiger partial charge in [0, 0.05) is 0 Å². The van der Waals surface area contributed by atoms with Crippen molar-refractivity contribution in [2.45, 2.75) is 0 Å². The van der Waals surface area contributed by atoms with E-state index < -0.39 is 23.5 Å². The predicted octanol–water partition coefficient (Wildman–Crippen LogP) is -7.95. The van der Waals surface area contributed by atoms with Crippen LogP contribution in [0.3, 0.4) is 0 Å². The zero-order valence-corrected chi connectivity index (χ0v) is 15.3. The molecule has 0 aromatic rings. The van der Waals surface area contributed by atoms with E-state index in [1.54, 1.807) is 0 Å². The molecule has 80 valence electrons. The average molecular weight is 318 g/mol. The molecule has 0 amide bonds. The van der Waals surface area contributed by atoms with E-state index in [1.807, 2.05) is 0 Å². The molecule has 0 aliphatic rings. The maximum Gasteiger partial charge on any atom is 1.00 e. The monoisotopic (exact) mass is 318 g/mol. The third-order valence-electron chi connectivity index (χ3n) is 0.413. The van der Waals surface area contributed by atoms with Crippen LogP contribution in [-0.4, -0.2) is 14.7 Å². The van der Waals surface area contributed by atoms with Gasteiger partial charge in [0.25, 0.3) is 0 Å². The number of rotatable bonds is 4. The van der Waals surface area contributed by atoms with Crippen molar-refractivity contribution in [1.29, 1.82) is 0 Å². The van der Waals surface area contributed by atoms with E-state index in [4.69, 9.17) is 14.7 Å². The molecule has 0 aliphatic carbocycles. The fourth-order valence-electron chi connectivity index (χ4n) is 0.276. The summed E-state index contributed by atoms with van der Waals surface area (Å²) >= 11 is 0.